The molecule has 0 aromatic heterocycles. The molecule has 1 aliphatic heterocycles. The highest BCUT2D eigenvalue weighted by Gasteiger charge is 2.51. The lowest BCUT2D eigenvalue weighted by Crippen LogP contribution is -2.52. The van der Waals surface area contributed by atoms with Crippen LogP contribution in [0, 0.1) is 32.1 Å². The Hall–Kier alpha value is -5.79. The summed E-state index contributed by atoms with van der Waals surface area (Å²) < 4.78 is 5.27. The van der Waals surface area contributed by atoms with E-state index in [1.54, 1.807) is 0 Å². The van der Waals surface area contributed by atoms with Gasteiger partial charge in [0.05, 0.1) is 27.2 Å². The lowest BCUT2D eigenvalue weighted by molar-refractivity contribution is -0.385. The number of ether oxygens (including phenoxy) is 1. The molecule has 0 radical (unpaired) electrons. The molecule has 44 heavy (non-hydrogen) atoms. The summed E-state index contributed by atoms with van der Waals surface area (Å²) >= 11 is 0. The molecule has 0 spiro atoms. The van der Waals surface area contributed by atoms with E-state index in [1.807, 2.05) is 0 Å². The molecule has 14 heteroatoms. The van der Waals surface area contributed by atoms with Crippen molar-refractivity contribution >= 4 is 40.8 Å². The van der Waals surface area contributed by atoms with Gasteiger partial charge in [-0.05, 0) is 61.4 Å². The van der Waals surface area contributed by atoms with Crippen LogP contribution < -0.4 is 4.74 Å². The van der Waals surface area contributed by atoms with Gasteiger partial charge >= 0.3 is 5.97 Å². The minimum absolute atomic E-state index is 0.0626. The highest BCUT2D eigenvalue weighted by Crippen LogP contribution is 2.39. The number of fused-ring (bicyclic) bond motifs is 1. The summed E-state index contributed by atoms with van der Waals surface area (Å²) in [6.45, 7) is -0.686. The summed E-state index contributed by atoms with van der Waals surface area (Å²) in [6.07, 6.45) is 2.48. The molecule has 1 aliphatic carbocycles. The number of rotatable bonds is 9. The maximum absolute atomic E-state index is 13.6. The van der Waals surface area contributed by atoms with Crippen LogP contribution in [0.15, 0.2) is 72.8 Å². The van der Waals surface area contributed by atoms with Crippen LogP contribution in [0.3, 0.4) is 0 Å². The number of hydrogen-bond acceptors (Lipinski definition) is 10. The maximum atomic E-state index is 13.6. The number of amides is 3. The highest BCUT2D eigenvalue weighted by atomic mass is 16.6. The van der Waals surface area contributed by atoms with Gasteiger partial charge in [0.25, 0.3) is 29.1 Å². The molecule has 2 atom stereocenters. The Bertz CT molecular complexity index is 1650. The number of Topliss-reactive ketones (excluding diaryl/α,β-unsaturated/α-hetero) is 1. The quantitative estimate of drug-likeness (QED) is 0.0862. The van der Waals surface area contributed by atoms with Gasteiger partial charge in [-0.25, -0.2) is 9.80 Å². The SMILES string of the molecule is O=C(CN(C(=O)c1ccc([N+](=O)[O-])cc1)N1C(=O)[C@H]2CCCC[C@H]2C1=O)c1ccc(OC(=O)c2ccc([N+](=O)[O-])cc2)cc1. The zero-order chi connectivity index (χ0) is 31.5. The van der Waals surface area contributed by atoms with Gasteiger partial charge in [0.2, 0.25) is 0 Å². The van der Waals surface area contributed by atoms with Crippen molar-refractivity contribution in [1.82, 2.24) is 10.0 Å². The van der Waals surface area contributed by atoms with Crippen molar-refractivity contribution in [3.8, 4) is 5.75 Å². The molecule has 14 nitrogen and oxygen atoms in total. The largest absolute Gasteiger partial charge is 0.423 e. The predicted molar refractivity (Wildman–Crippen MR) is 150 cm³/mol. The zero-order valence-corrected chi connectivity index (χ0v) is 23.0. The van der Waals surface area contributed by atoms with Gasteiger partial charge < -0.3 is 4.74 Å². The van der Waals surface area contributed by atoms with Crippen LogP contribution in [0.25, 0.3) is 0 Å². The average Bonchev–Trinajstić information content (AvgIpc) is 3.28. The fraction of sp³-hybridized carbons (Fsp3) is 0.233. The zero-order valence-electron chi connectivity index (χ0n) is 23.0. The number of ketones is 1. The van der Waals surface area contributed by atoms with Gasteiger partial charge in [-0.3, -0.25) is 39.4 Å². The first-order valence-electron chi connectivity index (χ1n) is 13.6. The number of nitro groups is 2. The molecule has 3 amide bonds. The summed E-state index contributed by atoms with van der Waals surface area (Å²) in [7, 11) is 0. The lowest BCUT2D eigenvalue weighted by Gasteiger charge is -2.30. The normalized spacial score (nSPS) is 17.5. The Morgan fingerprint density at radius 1 is 0.727 bits per heavy atom. The smallest absolute Gasteiger partial charge is 0.343 e. The maximum Gasteiger partial charge on any atom is 0.343 e. The molecular formula is C30H24N4O10. The molecule has 5 rings (SSSR count). The van der Waals surface area contributed by atoms with Gasteiger partial charge in [-0.1, -0.05) is 12.8 Å². The molecule has 2 fully saturated rings. The first-order valence-corrected chi connectivity index (χ1v) is 13.6. The summed E-state index contributed by atoms with van der Waals surface area (Å²) in [6, 6.07) is 14.7. The van der Waals surface area contributed by atoms with E-state index >= 15 is 0 Å². The van der Waals surface area contributed by atoms with Crippen molar-refractivity contribution < 1.29 is 38.6 Å². The monoisotopic (exact) mass is 600 g/mol. The predicted octanol–water partition coefficient (Wildman–Crippen LogP) is 4.14. The van der Waals surface area contributed by atoms with Gasteiger partial charge in [0.1, 0.15) is 12.3 Å². The fourth-order valence-electron chi connectivity index (χ4n) is 5.31. The molecule has 224 valence electrons. The number of carbonyl (C=O) groups excluding carboxylic acids is 5. The summed E-state index contributed by atoms with van der Waals surface area (Å²) in [5.74, 6) is -4.55. The van der Waals surface area contributed by atoms with Gasteiger partial charge in [-0.15, -0.1) is 0 Å². The molecule has 1 saturated carbocycles. The summed E-state index contributed by atoms with van der Waals surface area (Å²) in [4.78, 5) is 86.7. The van der Waals surface area contributed by atoms with Gasteiger partial charge in [0.15, 0.2) is 5.78 Å². The van der Waals surface area contributed by atoms with Crippen LogP contribution in [-0.4, -0.2) is 55.9 Å². The van der Waals surface area contributed by atoms with E-state index < -0.39 is 57.7 Å². The molecule has 0 unspecified atom stereocenters. The second-order valence-corrected chi connectivity index (χ2v) is 10.3. The summed E-state index contributed by atoms with van der Waals surface area (Å²) in [5, 5.41) is 23.4. The van der Waals surface area contributed by atoms with Crippen molar-refractivity contribution in [2.45, 2.75) is 25.7 Å². The number of benzene rings is 3. The Labute approximate surface area is 249 Å². The van der Waals surface area contributed by atoms with Crippen molar-refractivity contribution in [2.75, 3.05) is 6.54 Å². The van der Waals surface area contributed by atoms with E-state index in [0.717, 1.165) is 47.1 Å². The first-order chi connectivity index (χ1) is 21.0. The Balaban J connectivity index is 1.35. The first kappa shape index (κ1) is 29.7. The Kier molecular flexibility index (Phi) is 8.24. The second kappa shape index (κ2) is 12.2. The standard InChI is InChI=1S/C30H24N4O10/c35-26(18-9-15-23(16-10-18)44-30(39)20-7-13-22(14-8-20)34(42)43)17-31(27(36)19-5-11-21(12-6-19)33(40)41)32-28(37)24-3-1-2-4-25(24)29(32)38/h5-16,24-25H,1-4,17H2/t24-,25+. The number of carbonyl (C=O) groups is 5. The Morgan fingerprint density at radius 3 is 1.66 bits per heavy atom. The number of nitro benzene ring substituents is 2. The van der Waals surface area contributed by atoms with Crippen LogP contribution >= 0.6 is 0 Å². The van der Waals surface area contributed by atoms with Crippen molar-refractivity contribution in [3.05, 3.63) is 110 Å². The fourth-order valence-corrected chi connectivity index (χ4v) is 5.31. The Morgan fingerprint density at radius 2 is 1.18 bits per heavy atom. The topological polar surface area (TPSA) is 187 Å². The van der Waals surface area contributed by atoms with Crippen molar-refractivity contribution in [1.29, 1.82) is 0 Å². The number of imide groups is 1. The van der Waals surface area contributed by atoms with Crippen LogP contribution in [-0.2, 0) is 9.59 Å². The molecule has 3 aromatic rings. The van der Waals surface area contributed by atoms with E-state index in [2.05, 4.69) is 0 Å². The number of non-ortho nitro benzene ring substituents is 2. The lowest BCUT2D eigenvalue weighted by atomic mass is 9.81. The minimum atomic E-state index is -0.859. The van der Waals surface area contributed by atoms with Crippen LogP contribution in [0.1, 0.15) is 56.8 Å². The van der Waals surface area contributed by atoms with Gasteiger partial charge in [0, 0.05) is 35.4 Å². The third-order valence-corrected chi connectivity index (χ3v) is 7.61. The number of hydrazine groups is 1. The molecule has 2 aliphatic rings. The molecule has 1 heterocycles. The number of nitrogens with zero attached hydrogens (tertiary/aromatic N) is 4. The average molecular weight is 601 g/mol. The van der Waals surface area contributed by atoms with E-state index in [1.165, 1.54) is 48.5 Å². The minimum Gasteiger partial charge on any atom is -0.423 e. The number of hydrogen-bond donors (Lipinski definition) is 0. The van der Waals surface area contributed by atoms with E-state index in [4.69, 9.17) is 4.74 Å². The third kappa shape index (κ3) is 5.90. The van der Waals surface area contributed by atoms with Gasteiger partial charge in [-0.2, -0.15) is 5.01 Å². The van der Waals surface area contributed by atoms with Crippen LogP contribution in [0.4, 0.5) is 11.4 Å². The summed E-state index contributed by atoms with van der Waals surface area (Å²) in [5.41, 5.74) is -0.373. The third-order valence-electron chi connectivity index (χ3n) is 7.61. The molecular weight excluding hydrogens is 576 g/mol. The van der Waals surface area contributed by atoms with Crippen LogP contribution in [0.5, 0.6) is 5.75 Å². The van der Waals surface area contributed by atoms with Crippen molar-refractivity contribution in [3.63, 3.8) is 0 Å². The highest BCUT2D eigenvalue weighted by molar-refractivity contribution is 6.09. The number of esters is 1. The van der Waals surface area contributed by atoms with Crippen molar-refractivity contribution in [2.24, 2.45) is 11.8 Å². The van der Waals surface area contributed by atoms with E-state index in [9.17, 15) is 44.2 Å². The molecule has 0 bridgehead atoms. The van der Waals surface area contributed by atoms with E-state index in [0.29, 0.717) is 12.8 Å². The molecule has 3 aromatic carbocycles. The second-order valence-electron chi connectivity index (χ2n) is 10.3. The van der Waals surface area contributed by atoms with E-state index in [-0.39, 0.29) is 33.8 Å². The van der Waals surface area contributed by atoms with Crippen LogP contribution in [0.2, 0.25) is 0 Å². The molecule has 1 saturated heterocycles. The molecule has 0 N–H and O–H groups in total.